The standard InChI is InChI=1S/C29H26N8O2.2ClH/c1-18(32-2)28(38)34-23-16-33-22-13-19(14-30)11-12-27(22)36(29(23)39)17-24-21-8-4-6-10-26(21)37(35-24)25-9-5-3-7-20(25)15-31;;/h3-13,18,23,32-33H,16-17H2,1-2H3,(H,34,38);2*1H/t18-,23-;;/m0../s1. The Hall–Kier alpha value is -4.61. The van der Waals surface area contributed by atoms with Gasteiger partial charge >= 0.3 is 0 Å². The fraction of sp³-hybridized carbons (Fsp3) is 0.207. The topological polar surface area (TPSA) is 139 Å². The Morgan fingerprint density at radius 2 is 1.80 bits per heavy atom. The van der Waals surface area contributed by atoms with Crippen LogP contribution in [0.4, 0.5) is 11.4 Å². The number of likely N-dealkylation sites (N-methyl/N-ethyl adjacent to an activating group) is 1. The lowest BCUT2D eigenvalue weighted by Crippen LogP contribution is -2.54. The number of benzene rings is 3. The molecule has 2 atom stereocenters. The van der Waals surface area contributed by atoms with E-state index < -0.39 is 12.1 Å². The second-order valence-electron chi connectivity index (χ2n) is 9.23. The van der Waals surface area contributed by atoms with Crippen molar-refractivity contribution in [2.45, 2.75) is 25.6 Å². The molecule has 1 aliphatic rings. The van der Waals surface area contributed by atoms with Gasteiger partial charge in [-0.05, 0) is 50.4 Å². The highest BCUT2D eigenvalue weighted by molar-refractivity contribution is 6.04. The van der Waals surface area contributed by atoms with Crippen molar-refractivity contribution in [2.75, 3.05) is 23.8 Å². The van der Waals surface area contributed by atoms with E-state index in [1.165, 1.54) is 0 Å². The maximum atomic E-state index is 13.9. The smallest absolute Gasteiger partial charge is 0.251 e. The molecule has 0 bridgehead atoms. The minimum absolute atomic E-state index is 0. The Kier molecular flexibility index (Phi) is 9.93. The summed E-state index contributed by atoms with van der Waals surface area (Å²) in [7, 11) is 1.68. The molecular formula is C29H28Cl2N8O2. The zero-order valence-corrected chi connectivity index (χ0v) is 23.9. The Bertz CT molecular complexity index is 1670. The minimum atomic E-state index is -0.848. The summed E-state index contributed by atoms with van der Waals surface area (Å²) in [6.07, 6.45) is 0. The molecule has 10 nitrogen and oxygen atoms in total. The van der Waals surface area contributed by atoms with E-state index in [2.05, 4.69) is 28.1 Å². The van der Waals surface area contributed by atoms with Crippen molar-refractivity contribution in [3.63, 3.8) is 0 Å². The van der Waals surface area contributed by atoms with E-state index in [4.69, 9.17) is 5.10 Å². The van der Waals surface area contributed by atoms with Gasteiger partial charge in [0.15, 0.2) is 0 Å². The van der Waals surface area contributed by atoms with Crippen molar-refractivity contribution in [2.24, 2.45) is 0 Å². The number of aromatic nitrogens is 2. The lowest BCUT2D eigenvalue weighted by Gasteiger charge is -2.25. The molecule has 1 aliphatic heterocycles. The molecule has 2 amide bonds. The fourth-order valence-electron chi connectivity index (χ4n) is 4.63. The second-order valence-corrected chi connectivity index (χ2v) is 9.23. The van der Waals surface area contributed by atoms with Gasteiger partial charge in [0.2, 0.25) is 5.91 Å². The van der Waals surface area contributed by atoms with Gasteiger partial charge in [-0.2, -0.15) is 15.6 Å². The first-order valence-electron chi connectivity index (χ1n) is 12.5. The summed E-state index contributed by atoms with van der Waals surface area (Å²) in [6.45, 7) is 1.98. The molecule has 0 radical (unpaired) electrons. The summed E-state index contributed by atoms with van der Waals surface area (Å²) < 4.78 is 1.72. The summed E-state index contributed by atoms with van der Waals surface area (Å²) in [5.41, 5.74) is 4.16. The first-order valence-corrected chi connectivity index (χ1v) is 12.5. The van der Waals surface area contributed by atoms with Crippen LogP contribution in [0.1, 0.15) is 23.7 Å². The summed E-state index contributed by atoms with van der Waals surface area (Å²) in [4.78, 5) is 28.2. The number of nitriles is 2. The van der Waals surface area contributed by atoms with Crippen LogP contribution in [0, 0.1) is 22.7 Å². The molecule has 41 heavy (non-hydrogen) atoms. The average Bonchev–Trinajstić information content (AvgIpc) is 3.29. The number of para-hydroxylation sites is 2. The molecule has 0 aliphatic carbocycles. The minimum Gasteiger partial charge on any atom is -0.381 e. The monoisotopic (exact) mass is 590 g/mol. The lowest BCUT2D eigenvalue weighted by molar-refractivity contribution is -0.128. The summed E-state index contributed by atoms with van der Waals surface area (Å²) in [6, 6.07) is 22.9. The van der Waals surface area contributed by atoms with Crippen LogP contribution in [0.3, 0.4) is 0 Å². The highest BCUT2D eigenvalue weighted by Crippen LogP contribution is 2.33. The zero-order chi connectivity index (χ0) is 27.5. The molecule has 5 rings (SSSR count). The number of amides is 2. The van der Waals surface area contributed by atoms with Gasteiger partial charge in [0.25, 0.3) is 5.91 Å². The molecule has 0 unspecified atom stereocenters. The first-order chi connectivity index (χ1) is 18.9. The number of fused-ring (bicyclic) bond motifs is 2. The van der Waals surface area contributed by atoms with E-state index in [0.29, 0.717) is 33.9 Å². The fourth-order valence-corrected chi connectivity index (χ4v) is 4.63. The molecule has 1 aromatic heterocycles. The number of rotatable bonds is 6. The lowest BCUT2D eigenvalue weighted by atomic mass is 10.1. The molecule has 0 saturated heterocycles. The quantitative estimate of drug-likeness (QED) is 0.311. The third-order valence-electron chi connectivity index (χ3n) is 6.84. The highest BCUT2D eigenvalue weighted by atomic mass is 35.5. The van der Waals surface area contributed by atoms with Crippen LogP contribution in [0.2, 0.25) is 0 Å². The van der Waals surface area contributed by atoms with Crippen LogP contribution in [0.25, 0.3) is 16.6 Å². The second kappa shape index (κ2) is 13.2. The molecule has 4 aromatic rings. The Morgan fingerprint density at radius 1 is 1.07 bits per heavy atom. The van der Waals surface area contributed by atoms with E-state index >= 15 is 0 Å². The summed E-state index contributed by atoms with van der Waals surface area (Å²) in [5.74, 6) is -0.609. The first kappa shape index (κ1) is 30.9. The van der Waals surface area contributed by atoms with Gasteiger partial charge in [-0.1, -0.05) is 30.3 Å². The predicted molar refractivity (Wildman–Crippen MR) is 162 cm³/mol. The van der Waals surface area contributed by atoms with E-state index in [9.17, 15) is 20.1 Å². The number of nitrogens with one attached hydrogen (secondary N) is 3. The molecular weight excluding hydrogens is 563 g/mol. The van der Waals surface area contributed by atoms with Crippen LogP contribution < -0.4 is 20.9 Å². The van der Waals surface area contributed by atoms with Gasteiger partial charge in [-0.25, -0.2) is 4.68 Å². The van der Waals surface area contributed by atoms with Gasteiger partial charge in [0.1, 0.15) is 12.1 Å². The van der Waals surface area contributed by atoms with Crippen LogP contribution in [-0.4, -0.2) is 47.3 Å². The van der Waals surface area contributed by atoms with Gasteiger partial charge in [0, 0.05) is 11.9 Å². The van der Waals surface area contributed by atoms with Crippen molar-refractivity contribution in [3.05, 3.63) is 83.6 Å². The van der Waals surface area contributed by atoms with E-state index in [0.717, 1.165) is 10.9 Å². The Morgan fingerprint density at radius 3 is 2.54 bits per heavy atom. The maximum Gasteiger partial charge on any atom is 0.251 e. The maximum absolute atomic E-state index is 13.9. The summed E-state index contributed by atoms with van der Waals surface area (Å²) >= 11 is 0. The molecule has 0 fully saturated rings. The number of halogens is 2. The van der Waals surface area contributed by atoms with Gasteiger partial charge in [0.05, 0.1) is 58.1 Å². The normalized spacial score (nSPS) is 14.7. The number of nitrogens with zero attached hydrogens (tertiary/aromatic N) is 5. The molecule has 0 spiro atoms. The Balaban J connectivity index is 0.00000231. The van der Waals surface area contributed by atoms with Crippen LogP contribution in [-0.2, 0) is 16.1 Å². The van der Waals surface area contributed by atoms with Gasteiger partial charge in [-0.15, -0.1) is 24.8 Å². The largest absolute Gasteiger partial charge is 0.381 e. The van der Waals surface area contributed by atoms with Crippen molar-refractivity contribution >= 4 is 58.9 Å². The van der Waals surface area contributed by atoms with Gasteiger partial charge < -0.3 is 20.9 Å². The van der Waals surface area contributed by atoms with Crippen LogP contribution >= 0.6 is 24.8 Å². The molecule has 3 N–H and O–H groups in total. The molecule has 2 heterocycles. The predicted octanol–water partition coefficient (Wildman–Crippen LogP) is 3.66. The van der Waals surface area contributed by atoms with E-state index in [1.54, 1.807) is 53.9 Å². The van der Waals surface area contributed by atoms with Gasteiger partial charge in [-0.3, -0.25) is 9.59 Å². The summed E-state index contributed by atoms with van der Waals surface area (Å²) in [5, 5.41) is 33.8. The van der Waals surface area contributed by atoms with Crippen molar-refractivity contribution < 1.29 is 9.59 Å². The van der Waals surface area contributed by atoms with Crippen molar-refractivity contribution in [1.29, 1.82) is 10.5 Å². The third-order valence-corrected chi connectivity index (χ3v) is 6.84. The van der Waals surface area contributed by atoms with Crippen molar-refractivity contribution in [3.8, 4) is 17.8 Å². The molecule has 0 saturated carbocycles. The number of carbonyl (C=O) groups excluding carboxylic acids is 2. The zero-order valence-electron chi connectivity index (χ0n) is 22.3. The highest BCUT2D eigenvalue weighted by Gasteiger charge is 2.33. The number of hydrogen-bond acceptors (Lipinski definition) is 7. The van der Waals surface area contributed by atoms with Crippen LogP contribution in [0.15, 0.2) is 66.7 Å². The Labute approximate surface area is 249 Å². The third kappa shape index (κ3) is 5.96. The molecule has 12 heteroatoms. The average molecular weight is 592 g/mol. The number of anilines is 2. The molecule has 3 aromatic carbocycles. The number of hydrogen-bond donors (Lipinski definition) is 3. The van der Waals surface area contributed by atoms with E-state index in [1.807, 2.05) is 36.4 Å². The van der Waals surface area contributed by atoms with Crippen LogP contribution in [0.5, 0.6) is 0 Å². The van der Waals surface area contributed by atoms with E-state index in [-0.39, 0.29) is 49.7 Å². The molecule has 210 valence electrons. The SMILES string of the molecule is CN[C@@H](C)C(=O)N[C@H]1CNc2cc(C#N)ccc2N(Cc2nn(-c3ccccc3C#N)c3ccccc23)C1=O.Cl.Cl. The number of carbonyl (C=O) groups is 2. The van der Waals surface area contributed by atoms with Crippen molar-refractivity contribution in [1.82, 2.24) is 20.4 Å².